The predicted molar refractivity (Wildman–Crippen MR) is 102 cm³/mol. The minimum Gasteiger partial charge on any atom is -0.465 e. The largest absolute Gasteiger partial charge is 0.465 e. The molecule has 5 heteroatoms. The SMILES string of the molecule is CCOC(=O)[C@@H]1Cc2c([nH]c3ccccc23)[C@H]2C[C@H](c3ccccc3)ON21. The summed E-state index contributed by atoms with van der Waals surface area (Å²) in [5, 5.41) is 3.05. The summed E-state index contributed by atoms with van der Waals surface area (Å²) in [7, 11) is 0. The Balaban J connectivity index is 1.58. The number of hydrogen-bond acceptors (Lipinski definition) is 4. The van der Waals surface area contributed by atoms with Gasteiger partial charge in [-0.1, -0.05) is 48.5 Å². The molecule has 0 unspecified atom stereocenters. The Kier molecular flexibility index (Phi) is 3.99. The van der Waals surface area contributed by atoms with Gasteiger partial charge in [-0.2, -0.15) is 5.06 Å². The van der Waals surface area contributed by atoms with E-state index >= 15 is 0 Å². The maximum atomic E-state index is 12.7. The highest BCUT2D eigenvalue weighted by molar-refractivity contribution is 5.87. The fourth-order valence-corrected chi connectivity index (χ4v) is 4.40. The van der Waals surface area contributed by atoms with E-state index in [4.69, 9.17) is 9.57 Å². The molecule has 2 aliphatic rings. The van der Waals surface area contributed by atoms with Crippen LogP contribution in [0, 0.1) is 0 Å². The smallest absolute Gasteiger partial charge is 0.326 e. The van der Waals surface area contributed by atoms with Crippen molar-refractivity contribution in [1.29, 1.82) is 0 Å². The molecule has 0 radical (unpaired) electrons. The number of carbonyl (C=O) groups is 1. The summed E-state index contributed by atoms with van der Waals surface area (Å²) in [4.78, 5) is 22.6. The summed E-state index contributed by atoms with van der Waals surface area (Å²) < 4.78 is 5.36. The number of rotatable bonds is 3. The summed E-state index contributed by atoms with van der Waals surface area (Å²) in [5.41, 5.74) is 4.61. The van der Waals surface area contributed by atoms with Crippen LogP contribution in [0.4, 0.5) is 0 Å². The monoisotopic (exact) mass is 362 g/mol. The van der Waals surface area contributed by atoms with E-state index in [0.29, 0.717) is 13.0 Å². The normalized spacial score (nSPS) is 24.6. The van der Waals surface area contributed by atoms with Gasteiger partial charge in [-0.25, -0.2) is 0 Å². The molecule has 5 rings (SSSR count). The van der Waals surface area contributed by atoms with Crippen molar-refractivity contribution < 1.29 is 14.4 Å². The van der Waals surface area contributed by atoms with E-state index in [-0.39, 0.29) is 18.1 Å². The zero-order valence-electron chi connectivity index (χ0n) is 15.2. The number of para-hydroxylation sites is 1. The highest BCUT2D eigenvalue weighted by Gasteiger charge is 2.48. The molecule has 1 N–H and O–H groups in total. The number of benzene rings is 2. The molecule has 3 atom stereocenters. The van der Waals surface area contributed by atoms with Crippen molar-refractivity contribution in [2.75, 3.05) is 6.61 Å². The van der Waals surface area contributed by atoms with E-state index in [1.54, 1.807) is 0 Å². The third-order valence-corrected chi connectivity index (χ3v) is 5.61. The summed E-state index contributed by atoms with van der Waals surface area (Å²) in [6, 6.07) is 18.1. The lowest BCUT2D eigenvalue weighted by Crippen LogP contribution is -2.45. The molecular formula is C22H22N2O3. The van der Waals surface area contributed by atoms with Gasteiger partial charge in [0, 0.05) is 29.4 Å². The lowest BCUT2D eigenvalue weighted by Gasteiger charge is -2.34. The van der Waals surface area contributed by atoms with Crippen LogP contribution in [0.3, 0.4) is 0 Å². The molecule has 0 aliphatic carbocycles. The number of nitrogens with one attached hydrogen (secondary N) is 1. The first-order valence-corrected chi connectivity index (χ1v) is 9.52. The fraction of sp³-hybridized carbons (Fsp3) is 0.318. The van der Waals surface area contributed by atoms with E-state index in [1.807, 2.05) is 42.3 Å². The van der Waals surface area contributed by atoms with Gasteiger partial charge in [0.05, 0.1) is 12.6 Å². The van der Waals surface area contributed by atoms with Crippen LogP contribution >= 0.6 is 0 Å². The van der Waals surface area contributed by atoms with Crippen molar-refractivity contribution in [3.8, 4) is 0 Å². The van der Waals surface area contributed by atoms with E-state index in [2.05, 4.69) is 29.2 Å². The zero-order chi connectivity index (χ0) is 18.4. The quantitative estimate of drug-likeness (QED) is 0.714. The number of aromatic amines is 1. The number of ether oxygens (including phenoxy) is 1. The molecule has 0 saturated carbocycles. The molecule has 138 valence electrons. The lowest BCUT2D eigenvalue weighted by molar-refractivity contribution is -0.209. The second kappa shape index (κ2) is 6.51. The zero-order valence-corrected chi connectivity index (χ0v) is 15.2. The topological polar surface area (TPSA) is 54.6 Å². The summed E-state index contributed by atoms with van der Waals surface area (Å²) in [6.07, 6.45) is 1.33. The van der Waals surface area contributed by atoms with Gasteiger partial charge in [0.25, 0.3) is 0 Å². The standard InChI is InChI=1S/C22H22N2O3/c1-2-26-22(25)19-12-16-15-10-6-7-11-17(15)23-21(16)18-13-20(27-24(18)19)14-8-4-3-5-9-14/h3-11,18-20,23H,2,12-13H2,1H3/t18-,19+,20-/m1/s1. The van der Waals surface area contributed by atoms with Gasteiger partial charge in [0.15, 0.2) is 0 Å². The average Bonchev–Trinajstić information content (AvgIpc) is 3.30. The summed E-state index contributed by atoms with van der Waals surface area (Å²) in [5.74, 6) is -0.216. The number of hydroxylamine groups is 2. The first-order valence-electron chi connectivity index (χ1n) is 9.52. The van der Waals surface area contributed by atoms with E-state index in [1.165, 1.54) is 10.9 Å². The molecule has 2 aromatic carbocycles. The van der Waals surface area contributed by atoms with Gasteiger partial charge >= 0.3 is 5.97 Å². The minimum atomic E-state index is -0.421. The van der Waals surface area contributed by atoms with Gasteiger partial charge in [0.1, 0.15) is 12.1 Å². The second-order valence-electron chi connectivity index (χ2n) is 7.15. The van der Waals surface area contributed by atoms with Crippen LogP contribution in [-0.2, 0) is 20.8 Å². The molecule has 1 aromatic heterocycles. The predicted octanol–water partition coefficient (Wildman–Crippen LogP) is 4.08. The van der Waals surface area contributed by atoms with Gasteiger partial charge in [-0.3, -0.25) is 9.63 Å². The molecule has 2 aliphatic heterocycles. The van der Waals surface area contributed by atoms with Gasteiger partial charge < -0.3 is 9.72 Å². The third kappa shape index (κ3) is 2.66. The van der Waals surface area contributed by atoms with Crippen LogP contribution in [0.15, 0.2) is 54.6 Å². The Bertz CT molecular complexity index is 982. The molecular weight excluding hydrogens is 340 g/mol. The van der Waals surface area contributed by atoms with Crippen LogP contribution in [0.1, 0.15) is 42.3 Å². The highest BCUT2D eigenvalue weighted by Crippen LogP contribution is 2.48. The fourth-order valence-electron chi connectivity index (χ4n) is 4.40. The third-order valence-electron chi connectivity index (χ3n) is 5.61. The average molecular weight is 362 g/mol. The molecule has 0 bridgehead atoms. The van der Waals surface area contributed by atoms with Crippen LogP contribution < -0.4 is 0 Å². The number of carbonyl (C=O) groups excluding carboxylic acids is 1. The second-order valence-corrected chi connectivity index (χ2v) is 7.15. The molecule has 0 spiro atoms. The number of H-pyrrole nitrogens is 1. The first-order chi connectivity index (χ1) is 13.3. The van der Waals surface area contributed by atoms with Crippen LogP contribution in [-0.4, -0.2) is 28.7 Å². The van der Waals surface area contributed by atoms with E-state index < -0.39 is 6.04 Å². The summed E-state index contributed by atoms with van der Waals surface area (Å²) >= 11 is 0. The van der Waals surface area contributed by atoms with Crippen molar-refractivity contribution in [2.24, 2.45) is 0 Å². The maximum absolute atomic E-state index is 12.7. The van der Waals surface area contributed by atoms with Gasteiger partial charge in [-0.15, -0.1) is 0 Å². The maximum Gasteiger partial charge on any atom is 0.326 e. The van der Waals surface area contributed by atoms with Crippen LogP contribution in [0.2, 0.25) is 0 Å². The van der Waals surface area contributed by atoms with Crippen LogP contribution in [0.25, 0.3) is 10.9 Å². The number of aromatic nitrogens is 1. The Morgan fingerprint density at radius 3 is 2.78 bits per heavy atom. The Hall–Kier alpha value is -2.63. The molecule has 0 amide bonds. The van der Waals surface area contributed by atoms with Crippen LogP contribution in [0.5, 0.6) is 0 Å². The Morgan fingerprint density at radius 2 is 1.96 bits per heavy atom. The highest BCUT2D eigenvalue weighted by atomic mass is 16.7. The van der Waals surface area contributed by atoms with E-state index in [0.717, 1.165) is 23.2 Å². The van der Waals surface area contributed by atoms with Gasteiger partial charge in [0.2, 0.25) is 0 Å². The summed E-state index contributed by atoms with van der Waals surface area (Å²) in [6.45, 7) is 2.21. The minimum absolute atomic E-state index is 0.0146. The molecule has 27 heavy (non-hydrogen) atoms. The number of fused-ring (bicyclic) bond motifs is 5. The van der Waals surface area contributed by atoms with Gasteiger partial charge in [-0.05, 0) is 24.1 Å². The van der Waals surface area contributed by atoms with E-state index in [9.17, 15) is 4.79 Å². The van der Waals surface area contributed by atoms with Crippen molar-refractivity contribution in [2.45, 2.75) is 38.0 Å². The lowest BCUT2D eigenvalue weighted by atomic mass is 9.91. The number of nitrogens with zero attached hydrogens (tertiary/aromatic N) is 1. The van der Waals surface area contributed by atoms with Crippen molar-refractivity contribution in [1.82, 2.24) is 10.0 Å². The van der Waals surface area contributed by atoms with Crippen molar-refractivity contribution in [3.05, 3.63) is 71.4 Å². The molecule has 3 aromatic rings. The Labute approximate surface area is 157 Å². The molecule has 1 fully saturated rings. The first kappa shape index (κ1) is 16.5. The van der Waals surface area contributed by atoms with Crippen molar-refractivity contribution in [3.63, 3.8) is 0 Å². The number of hydrogen-bond donors (Lipinski definition) is 1. The molecule has 3 heterocycles. The Morgan fingerprint density at radius 1 is 1.19 bits per heavy atom. The number of esters is 1. The molecule has 1 saturated heterocycles. The molecule has 5 nitrogen and oxygen atoms in total. The van der Waals surface area contributed by atoms with Crippen molar-refractivity contribution >= 4 is 16.9 Å².